The van der Waals surface area contributed by atoms with Crippen LogP contribution >= 0.6 is 0 Å². The molecule has 1 aromatic carbocycles. The van der Waals surface area contributed by atoms with Gasteiger partial charge in [0.05, 0.1) is 12.3 Å². The zero-order valence-electron chi connectivity index (χ0n) is 17.2. The van der Waals surface area contributed by atoms with Gasteiger partial charge < -0.3 is 10.1 Å². The lowest BCUT2D eigenvalue weighted by Gasteiger charge is -2.26. The van der Waals surface area contributed by atoms with Crippen LogP contribution in [0.5, 0.6) is 0 Å². The Balaban J connectivity index is 1.48. The number of pyridine rings is 1. The van der Waals surface area contributed by atoms with Crippen molar-refractivity contribution >= 4 is 5.71 Å². The molecule has 0 amide bonds. The Labute approximate surface area is 176 Å². The molecule has 6 heteroatoms. The third-order valence-electron chi connectivity index (χ3n) is 6.29. The predicted octanol–water partition coefficient (Wildman–Crippen LogP) is 4.22. The highest BCUT2D eigenvalue weighted by Gasteiger charge is 2.21. The minimum atomic E-state index is 0.781. The lowest BCUT2D eigenvalue weighted by molar-refractivity contribution is 0.218. The van der Waals surface area contributed by atoms with Crippen molar-refractivity contribution < 1.29 is 5.21 Å². The molecule has 2 aliphatic rings. The van der Waals surface area contributed by atoms with Gasteiger partial charge in [-0.05, 0) is 62.0 Å². The molecule has 5 rings (SSSR count). The van der Waals surface area contributed by atoms with Crippen LogP contribution in [-0.2, 0) is 13.0 Å². The van der Waals surface area contributed by atoms with Gasteiger partial charge in [-0.15, -0.1) is 0 Å². The van der Waals surface area contributed by atoms with Crippen LogP contribution in [0.1, 0.15) is 36.8 Å². The molecule has 1 aliphatic heterocycles. The van der Waals surface area contributed by atoms with E-state index >= 15 is 0 Å². The summed E-state index contributed by atoms with van der Waals surface area (Å²) in [5.74, 6) is 0. The number of aryl methyl sites for hydroxylation is 1. The van der Waals surface area contributed by atoms with Crippen LogP contribution in [0, 0.1) is 0 Å². The number of rotatable bonds is 5. The van der Waals surface area contributed by atoms with Gasteiger partial charge in [0.15, 0.2) is 0 Å². The van der Waals surface area contributed by atoms with E-state index in [9.17, 15) is 5.21 Å². The largest absolute Gasteiger partial charge is 0.411 e. The molecule has 3 heterocycles. The molecule has 3 aromatic rings. The lowest BCUT2D eigenvalue weighted by atomic mass is 9.98. The maximum absolute atomic E-state index is 9.23. The molecular formula is C24H27N5O. The molecule has 1 saturated heterocycles. The maximum Gasteiger partial charge on any atom is 0.100 e. The zero-order valence-corrected chi connectivity index (χ0v) is 17.2. The number of nitrogens with zero attached hydrogens (tertiary/aromatic N) is 5. The van der Waals surface area contributed by atoms with E-state index in [1.54, 1.807) is 0 Å². The van der Waals surface area contributed by atoms with Gasteiger partial charge >= 0.3 is 0 Å². The van der Waals surface area contributed by atoms with E-state index in [2.05, 4.69) is 44.1 Å². The van der Waals surface area contributed by atoms with E-state index in [-0.39, 0.29) is 0 Å². The number of hydrogen-bond acceptors (Lipinski definition) is 5. The molecular weight excluding hydrogens is 374 g/mol. The topological polar surface area (TPSA) is 66.5 Å². The minimum Gasteiger partial charge on any atom is -0.411 e. The van der Waals surface area contributed by atoms with Crippen molar-refractivity contribution in [3.63, 3.8) is 0 Å². The molecule has 1 aliphatic carbocycles. The van der Waals surface area contributed by atoms with Crippen molar-refractivity contribution in [3.8, 4) is 22.4 Å². The first-order valence-corrected chi connectivity index (χ1v) is 10.9. The van der Waals surface area contributed by atoms with Crippen LogP contribution in [0.25, 0.3) is 22.4 Å². The Bertz CT molecular complexity index is 1050. The summed E-state index contributed by atoms with van der Waals surface area (Å²) >= 11 is 0. The first-order chi connectivity index (χ1) is 14.8. The van der Waals surface area contributed by atoms with Crippen molar-refractivity contribution in [3.05, 3.63) is 60.0 Å². The van der Waals surface area contributed by atoms with Crippen molar-refractivity contribution in [2.45, 2.75) is 38.6 Å². The van der Waals surface area contributed by atoms with Gasteiger partial charge in [-0.1, -0.05) is 29.8 Å². The molecule has 0 bridgehead atoms. The van der Waals surface area contributed by atoms with Gasteiger partial charge in [-0.25, -0.2) is 0 Å². The van der Waals surface area contributed by atoms with Gasteiger partial charge in [0.2, 0.25) is 0 Å². The third kappa shape index (κ3) is 3.75. The zero-order chi connectivity index (χ0) is 20.3. The maximum atomic E-state index is 9.23. The van der Waals surface area contributed by atoms with Crippen LogP contribution in [0.3, 0.4) is 0 Å². The van der Waals surface area contributed by atoms with Gasteiger partial charge in [0.25, 0.3) is 0 Å². The first kappa shape index (κ1) is 19.0. The summed E-state index contributed by atoms with van der Waals surface area (Å²) in [5.41, 5.74) is 7.44. The molecule has 1 N–H and O–H groups in total. The average Bonchev–Trinajstić information content (AvgIpc) is 3.42. The molecule has 30 heavy (non-hydrogen) atoms. The Kier molecular flexibility index (Phi) is 5.32. The highest BCUT2D eigenvalue weighted by atomic mass is 16.4. The van der Waals surface area contributed by atoms with Crippen molar-refractivity contribution in [2.24, 2.45) is 5.16 Å². The summed E-state index contributed by atoms with van der Waals surface area (Å²) in [6.07, 6.45) is 11.5. The minimum absolute atomic E-state index is 0.781. The Morgan fingerprint density at radius 1 is 0.900 bits per heavy atom. The Morgan fingerprint density at radius 3 is 2.53 bits per heavy atom. The predicted molar refractivity (Wildman–Crippen MR) is 118 cm³/mol. The standard InChI is InChI=1S/C24H27N5O/c30-27-23-7-5-19-16-20(4-6-21(19)23)22-17-29(15-14-28-12-2-1-3-13-28)26-24(22)18-8-10-25-11-9-18/h4,6,8-11,16-17,30H,1-3,5,7,12-15H2. The van der Waals surface area contributed by atoms with Crippen molar-refractivity contribution in [2.75, 3.05) is 19.6 Å². The number of benzene rings is 1. The summed E-state index contributed by atoms with van der Waals surface area (Å²) in [6, 6.07) is 10.5. The summed E-state index contributed by atoms with van der Waals surface area (Å²) in [7, 11) is 0. The number of likely N-dealkylation sites (tertiary alicyclic amines) is 1. The second kappa shape index (κ2) is 8.40. The van der Waals surface area contributed by atoms with E-state index < -0.39 is 0 Å². The Hall–Kier alpha value is -2.99. The molecule has 1 fully saturated rings. The van der Waals surface area contributed by atoms with E-state index in [0.717, 1.165) is 59.6 Å². The molecule has 0 unspecified atom stereocenters. The van der Waals surface area contributed by atoms with E-state index in [1.807, 2.05) is 24.5 Å². The van der Waals surface area contributed by atoms with Crippen LogP contribution in [0.2, 0.25) is 0 Å². The summed E-state index contributed by atoms with van der Waals surface area (Å²) in [4.78, 5) is 6.71. The molecule has 0 atom stereocenters. The van der Waals surface area contributed by atoms with Crippen LogP contribution in [0.4, 0.5) is 0 Å². The first-order valence-electron chi connectivity index (χ1n) is 10.9. The third-order valence-corrected chi connectivity index (χ3v) is 6.29. The number of aromatic nitrogens is 3. The monoisotopic (exact) mass is 401 g/mol. The Morgan fingerprint density at radius 2 is 1.73 bits per heavy atom. The van der Waals surface area contributed by atoms with Gasteiger partial charge in [-0.3, -0.25) is 9.67 Å². The average molecular weight is 402 g/mol. The number of fused-ring (bicyclic) bond motifs is 1. The van der Waals surface area contributed by atoms with Crippen LogP contribution < -0.4 is 0 Å². The molecule has 0 spiro atoms. The number of piperidine rings is 1. The van der Waals surface area contributed by atoms with E-state index in [0.29, 0.717) is 0 Å². The van der Waals surface area contributed by atoms with Crippen LogP contribution in [0.15, 0.2) is 54.1 Å². The van der Waals surface area contributed by atoms with Crippen LogP contribution in [-0.4, -0.2) is 50.2 Å². The number of hydrogen-bond donors (Lipinski definition) is 1. The fourth-order valence-electron chi connectivity index (χ4n) is 4.64. The highest BCUT2D eigenvalue weighted by molar-refractivity contribution is 6.04. The van der Waals surface area contributed by atoms with Gasteiger partial charge in [0.1, 0.15) is 5.69 Å². The quantitative estimate of drug-likeness (QED) is 0.513. The molecule has 0 radical (unpaired) electrons. The SMILES string of the molecule is ON=C1CCc2cc(-c3cn(CCN4CCCCC4)nc3-c3ccncc3)ccc21. The fraction of sp³-hybridized carbons (Fsp3) is 0.375. The number of oxime groups is 1. The van der Waals surface area contributed by atoms with Crippen molar-refractivity contribution in [1.82, 2.24) is 19.7 Å². The summed E-state index contributed by atoms with van der Waals surface area (Å²) in [6.45, 7) is 4.33. The molecule has 0 saturated carbocycles. The molecule has 2 aromatic heterocycles. The molecule has 154 valence electrons. The molecule has 6 nitrogen and oxygen atoms in total. The van der Waals surface area contributed by atoms with Gasteiger partial charge in [0, 0.05) is 41.8 Å². The van der Waals surface area contributed by atoms with E-state index in [1.165, 1.54) is 37.9 Å². The smallest absolute Gasteiger partial charge is 0.100 e. The normalized spacial score (nSPS) is 18.1. The lowest BCUT2D eigenvalue weighted by Crippen LogP contribution is -2.32. The highest BCUT2D eigenvalue weighted by Crippen LogP contribution is 2.34. The van der Waals surface area contributed by atoms with Gasteiger partial charge in [-0.2, -0.15) is 5.10 Å². The summed E-state index contributed by atoms with van der Waals surface area (Å²) < 4.78 is 2.09. The second-order valence-corrected chi connectivity index (χ2v) is 8.21. The van der Waals surface area contributed by atoms with E-state index in [4.69, 9.17) is 5.10 Å². The fourth-order valence-corrected chi connectivity index (χ4v) is 4.64. The van der Waals surface area contributed by atoms with Crippen molar-refractivity contribution in [1.29, 1.82) is 0 Å². The summed E-state index contributed by atoms with van der Waals surface area (Å²) in [5, 5.41) is 17.6. The second-order valence-electron chi connectivity index (χ2n) is 8.21.